The van der Waals surface area contributed by atoms with Crippen molar-refractivity contribution in [1.82, 2.24) is 4.72 Å². The van der Waals surface area contributed by atoms with Crippen molar-refractivity contribution in [1.29, 1.82) is 0 Å². The topological polar surface area (TPSA) is 102 Å². The normalized spacial score (nSPS) is 12.8. The van der Waals surface area contributed by atoms with Crippen LogP contribution in [0.4, 0.5) is 0 Å². The van der Waals surface area contributed by atoms with E-state index in [0.29, 0.717) is 0 Å². The van der Waals surface area contributed by atoms with Crippen molar-refractivity contribution in [3.8, 4) is 11.5 Å². The van der Waals surface area contributed by atoms with E-state index < -0.39 is 22.0 Å². The molecule has 0 aliphatic rings. The van der Waals surface area contributed by atoms with Gasteiger partial charge in [0.25, 0.3) is 0 Å². The molecule has 0 saturated heterocycles. The maximum atomic E-state index is 12.1. The Morgan fingerprint density at radius 3 is 2.25 bits per heavy atom. The van der Waals surface area contributed by atoms with Crippen molar-refractivity contribution in [3.63, 3.8) is 0 Å². The number of hydrogen-bond donors (Lipinski definition) is 2. The van der Waals surface area contributed by atoms with Gasteiger partial charge < -0.3 is 14.6 Å². The second-order valence-corrected chi connectivity index (χ2v) is 5.91. The number of aliphatic carboxylic acids is 1. The largest absolute Gasteiger partial charge is 0.493 e. The van der Waals surface area contributed by atoms with E-state index in [1.54, 1.807) is 0 Å². The average molecular weight is 324 g/mol. The van der Waals surface area contributed by atoms with Crippen LogP contribution in [0, 0.1) is 0 Å². The molecule has 1 aromatic carbocycles. The first-order chi connectivity index (χ1) is 9.22. The van der Waals surface area contributed by atoms with E-state index in [1.165, 1.54) is 27.2 Å². The van der Waals surface area contributed by atoms with E-state index in [1.807, 2.05) is 4.72 Å². The van der Waals surface area contributed by atoms with E-state index in [0.717, 1.165) is 6.07 Å². The van der Waals surface area contributed by atoms with Gasteiger partial charge in [-0.15, -0.1) is 0 Å². The van der Waals surface area contributed by atoms with Gasteiger partial charge in [-0.1, -0.05) is 11.6 Å². The Morgan fingerprint density at radius 1 is 1.30 bits per heavy atom. The summed E-state index contributed by atoms with van der Waals surface area (Å²) < 4.78 is 36.1. The van der Waals surface area contributed by atoms with Gasteiger partial charge in [-0.05, 0) is 6.92 Å². The van der Waals surface area contributed by atoms with Gasteiger partial charge in [0.15, 0.2) is 11.5 Å². The summed E-state index contributed by atoms with van der Waals surface area (Å²) in [6.07, 6.45) is 0. The zero-order chi connectivity index (χ0) is 15.5. The molecule has 0 heterocycles. The van der Waals surface area contributed by atoms with Crippen molar-refractivity contribution in [2.45, 2.75) is 17.9 Å². The van der Waals surface area contributed by atoms with Crippen LogP contribution in [0.3, 0.4) is 0 Å². The summed E-state index contributed by atoms with van der Waals surface area (Å²) in [5, 5.41) is 8.64. The third kappa shape index (κ3) is 3.53. The lowest BCUT2D eigenvalue weighted by Gasteiger charge is -2.14. The SMILES string of the molecule is COc1cc(Cl)c(S(=O)(=O)NC(C)C(=O)O)cc1OC. The van der Waals surface area contributed by atoms with Gasteiger partial charge in [-0.2, -0.15) is 4.72 Å². The minimum absolute atomic E-state index is 0.104. The number of ether oxygens (including phenoxy) is 2. The molecule has 2 N–H and O–H groups in total. The smallest absolute Gasteiger partial charge is 0.321 e. The zero-order valence-corrected chi connectivity index (χ0v) is 12.6. The third-order valence-corrected chi connectivity index (χ3v) is 4.44. The number of halogens is 1. The molecule has 0 fully saturated rings. The molecule has 0 aliphatic carbocycles. The van der Waals surface area contributed by atoms with Gasteiger partial charge in [0.05, 0.1) is 19.2 Å². The fourth-order valence-corrected chi connectivity index (χ4v) is 3.12. The molecule has 112 valence electrons. The Kier molecular flexibility index (Phi) is 5.21. The number of carboxylic acids is 1. The van der Waals surface area contributed by atoms with Crippen LogP contribution in [0.5, 0.6) is 11.5 Å². The molecule has 7 nitrogen and oxygen atoms in total. The van der Waals surface area contributed by atoms with Crippen molar-refractivity contribution in [2.75, 3.05) is 14.2 Å². The highest BCUT2D eigenvalue weighted by Gasteiger charge is 2.25. The van der Waals surface area contributed by atoms with Gasteiger partial charge in [-0.25, -0.2) is 8.42 Å². The molecule has 1 atom stereocenters. The second-order valence-electron chi connectivity index (χ2n) is 3.82. The van der Waals surface area contributed by atoms with Crippen molar-refractivity contribution in [2.24, 2.45) is 0 Å². The van der Waals surface area contributed by atoms with E-state index in [9.17, 15) is 13.2 Å². The lowest BCUT2D eigenvalue weighted by atomic mass is 10.3. The van der Waals surface area contributed by atoms with Crippen LogP contribution < -0.4 is 14.2 Å². The summed E-state index contributed by atoms with van der Waals surface area (Å²) >= 11 is 5.88. The van der Waals surface area contributed by atoms with Crippen molar-refractivity contribution < 1.29 is 27.8 Å². The molecule has 1 rings (SSSR count). The van der Waals surface area contributed by atoms with Crippen LogP contribution in [0.1, 0.15) is 6.92 Å². The molecule has 9 heteroatoms. The van der Waals surface area contributed by atoms with Crippen LogP contribution in [0.15, 0.2) is 17.0 Å². The lowest BCUT2D eigenvalue weighted by molar-refractivity contribution is -0.138. The predicted molar refractivity (Wildman–Crippen MR) is 72.0 cm³/mol. The number of carboxylic acid groups (broad SMARTS) is 1. The number of methoxy groups -OCH3 is 2. The summed E-state index contributed by atoms with van der Waals surface area (Å²) in [7, 11) is -1.37. The zero-order valence-electron chi connectivity index (χ0n) is 11.0. The van der Waals surface area contributed by atoms with Crippen LogP contribution in [-0.2, 0) is 14.8 Å². The first kappa shape index (κ1) is 16.5. The molecular formula is C11H14ClNO6S. The molecular weight excluding hydrogens is 310 g/mol. The highest BCUT2D eigenvalue weighted by atomic mass is 35.5. The molecule has 1 aromatic rings. The Hall–Kier alpha value is -1.51. The highest BCUT2D eigenvalue weighted by molar-refractivity contribution is 7.89. The van der Waals surface area contributed by atoms with E-state index in [-0.39, 0.29) is 21.4 Å². The molecule has 0 saturated carbocycles. The Bertz CT molecular complexity index is 616. The Labute approximate surface area is 121 Å². The first-order valence-corrected chi connectivity index (χ1v) is 7.25. The number of hydrogen-bond acceptors (Lipinski definition) is 5. The maximum absolute atomic E-state index is 12.1. The van der Waals surface area contributed by atoms with Gasteiger partial charge in [0.1, 0.15) is 10.9 Å². The van der Waals surface area contributed by atoms with E-state index in [4.69, 9.17) is 26.2 Å². The monoisotopic (exact) mass is 323 g/mol. The summed E-state index contributed by atoms with van der Waals surface area (Å²) in [6.45, 7) is 1.20. The minimum Gasteiger partial charge on any atom is -0.493 e. The fraction of sp³-hybridized carbons (Fsp3) is 0.364. The van der Waals surface area contributed by atoms with Crippen molar-refractivity contribution in [3.05, 3.63) is 17.2 Å². The van der Waals surface area contributed by atoms with Crippen LogP contribution in [-0.4, -0.2) is 39.8 Å². The third-order valence-electron chi connectivity index (χ3n) is 2.43. The molecule has 0 spiro atoms. The minimum atomic E-state index is -4.09. The average Bonchev–Trinajstić information content (AvgIpc) is 2.37. The van der Waals surface area contributed by atoms with Crippen molar-refractivity contribution >= 4 is 27.6 Å². The Balaban J connectivity index is 3.28. The summed E-state index contributed by atoms with van der Waals surface area (Å²) in [4.78, 5) is 10.4. The van der Waals surface area contributed by atoms with E-state index in [2.05, 4.69) is 0 Å². The van der Waals surface area contributed by atoms with Gasteiger partial charge >= 0.3 is 5.97 Å². The standard InChI is InChI=1S/C11H14ClNO6S/c1-6(11(14)15)13-20(16,17)10-5-9(19-3)8(18-2)4-7(10)12/h4-6,13H,1-3H3,(H,14,15). The summed E-state index contributed by atoms with van der Waals surface area (Å²) in [5.41, 5.74) is 0. The quantitative estimate of drug-likeness (QED) is 0.813. The highest BCUT2D eigenvalue weighted by Crippen LogP contribution is 2.35. The number of sulfonamides is 1. The molecule has 0 aromatic heterocycles. The Morgan fingerprint density at radius 2 is 1.80 bits per heavy atom. The maximum Gasteiger partial charge on any atom is 0.321 e. The van der Waals surface area contributed by atoms with Gasteiger partial charge in [0.2, 0.25) is 10.0 Å². The molecule has 0 bridgehead atoms. The molecule has 0 radical (unpaired) electrons. The van der Waals surface area contributed by atoms with Crippen LogP contribution >= 0.6 is 11.6 Å². The second kappa shape index (κ2) is 6.29. The number of benzene rings is 1. The number of nitrogens with one attached hydrogen (secondary N) is 1. The number of carbonyl (C=O) groups is 1. The number of rotatable bonds is 6. The summed E-state index contributed by atoms with van der Waals surface area (Å²) in [6, 6.07) is 1.16. The molecule has 0 amide bonds. The van der Waals surface area contributed by atoms with Crippen LogP contribution in [0.2, 0.25) is 5.02 Å². The predicted octanol–water partition coefficient (Wildman–Crippen LogP) is 1.11. The summed E-state index contributed by atoms with van der Waals surface area (Å²) in [5.74, 6) is -0.867. The van der Waals surface area contributed by atoms with Crippen LogP contribution in [0.25, 0.3) is 0 Å². The lowest BCUT2D eigenvalue weighted by Crippen LogP contribution is -2.38. The van der Waals surface area contributed by atoms with Gasteiger partial charge in [-0.3, -0.25) is 4.79 Å². The molecule has 0 aliphatic heterocycles. The fourth-order valence-electron chi connectivity index (χ4n) is 1.39. The molecule has 1 unspecified atom stereocenters. The molecule has 20 heavy (non-hydrogen) atoms. The van der Waals surface area contributed by atoms with E-state index >= 15 is 0 Å². The first-order valence-electron chi connectivity index (χ1n) is 5.39. The van der Waals surface area contributed by atoms with Gasteiger partial charge in [0, 0.05) is 12.1 Å².